The van der Waals surface area contributed by atoms with Crippen molar-refractivity contribution in [3.05, 3.63) is 125 Å². The van der Waals surface area contributed by atoms with E-state index in [0.717, 1.165) is 42.2 Å². The lowest BCUT2D eigenvalue weighted by atomic mass is 9.96. The van der Waals surface area contributed by atoms with E-state index < -0.39 is 0 Å². The fraction of sp³-hybridized carbons (Fsp3) is 0.306. The van der Waals surface area contributed by atoms with Crippen LogP contribution in [0.15, 0.2) is 124 Å². The van der Waals surface area contributed by atoms with Crippen LogP contribution in [0.5, 0.6) is 0 Å². The Morgan fingerprint density at radius 2 is 1.92 bits per heavy atom. The average Bonchev–Trinajstić information content (AvgIpc) is 3.81. The van der Waals surface area contributed by atoms with E-state index in [1.807, 2.05) is 25.6 Å². The monoisotopic (exact) mass is 532 g/mol. The number of likely N-dealkylation sites (N-methyl/N-ethyl adjacent to an activating group) is 1. The summed E-state index contributed by atoms with van der Waals surface area (Å²) >= 11 is 1.93. The molecule has 2 nitrogen and oxygen atoms in total. The smallest absolute Gasteiger partial charge is 0.0787 e. The Morgan fingerprint density at radius 1 is 1.10 bits per heavy atom. The number of benzene rings is 2. The molecule has 0 amide bonds. The zero-order valence-electron chi connectivity index (χ0n) is 23.7. The summed E-state index contributed by atoms with van der Waals surface area (Å²) in [5.74, 6) is 1.79. The van der Waals surface area contributed by atoms with Crippen molar-refractivity contribution >= 4 is 28.9 Å². The van der Waals surface area contributed by atoms with Gasteiger partial charge in [-0.05, 0) is 66.4 Å². The van der Waals surface area contributed by atoms with E-state index in [1.54, 1.807) is 0 Å². The number of hydrogen-bond donors (Lipinski definition) is 0. The number of allylic oxidation sites excluding steroid dienone is 10. The van der Waals surface area contributed by atoms with Gasteiger partial charge in [0.05, 0.1) is 11.4 Å². The molecule has 6 rings (SSSR count). The Bertz CT molecular complexity index is 1400. The highest BCUT2D eigenvalue weighted by Crippen LogP contribution is 2.57. The van der Waals surface area contributed by atoms with Crippen molar-refractivity contribution in [2.45, 2.75) is 51.3 Å². The van der Waals surface area contributed by atoms with Crippen LogP contribution in [-0.4, -0.2) is 23.7 Å². The van der Waals surface area contributed by atoms with Crippen LogP contribution in [0.4, 0.5) is 5.69 Å². The third-order valence-corrected chi connectivity index (χ3v) is 9.16. The van der Waals surface area contributed by atoms with Gasteiger partial charge in [-0.25, -0.2) is 4.99 Å². The van der Waals surface area contributed by atoms with Crippen LogP contribution in [0.25, 0.3) is 5.70 Å². The average molecular weight is 533 g/mol. The molecule has 0 spiro atoms. The van der Waals surface area contributed by atoms with E-state index in [-0.39, 0.29) is 0 Å². The summed E-state index contributed by atoms with van der Waals surface area (Å²) in [7, 11) is 0. The van der Waals surface area contributed by atoms with Gasteiger partial charge in [0.25, 0.3) is 0 Å². The van der Waals surface area contributed by atoms with E-state index in [1.165, 1.54) is 32.9 Å². The first-order valence-electron chi connectivity index (χ1n) is 14.5. The molecular formula is C36H40N2S. The third kappa shape index (κ3) is 5.84. The van der Waals surface area contributed by atoms with Gasteiger partial charge in [0.1, 0.15) is 0 Å². The summed E-state index contributed by atoms with van der Waals surface area (Å²) in [4.78, 5) is 10.5. The number of hydrogen-bond acceptors (Lipinski definition) is 3. The first kappa shape index (κ1) is 27.3. The maximum Gasteiger partial charge on any atom is 0.0787 e. The summed E-state index contributed by atoms with van der Waals surface area (Å²) in [6.45, 7) is 14.9. The van der Waals surface area contributed by atoms with Gasteiger partial charge in [-0.15, -0.1) is 0 Å². The molecule has 1 aliphatic heterocycles. The first-order chi connectivity index (χ1) is 19.1. The molecule has 3 aliphatic carbocycles. The Kier molecular flexibility index (Phi) is 8.57. The van der Waals surface area contributed by atoms with Crippen LogP contribution in [0.2, 0.25) is 0 Å². The van der Waals surface area contributed by atoms with Gasteiger partial charge in [0.2, 0.25) is 0 Å². The van der Waals surface area contributed by atoms with E-state index >= 15 is 0 Å². The highest BCUT2D eigenvalue weighted by molar-refractivity contribution is 8.03. The lowest BCUT2D eigenvalue weighted by Crippen LogP contribution is -2.26. The molecule has 0 saturated heterocycles. The Labute approximate surface area is 239 Å². The molecule has 1 fully saturated rings. The van der Waals surface area contributed by atoms with Gasteiger partial charge < -0.3 is 4.90 Å². The molecule has 4 aliphatic rings. The van der Waals surface area contributed by atoms with Crippen LogP contribution in [0.1, 0.15) is 57.6 Å². The van der Waals surface area contributed by atoms with E-state index in [4.69, 9.17) is 4.99 Å². The fourth-order valence-electron chi connectivity index (χ4n) is 5.53. The largest absolute Gasteiger partial charge is 0.371 e. The summed E-state index contributed by atoms with van der Waals surface area (Å²) in [5.41, 5.74) is 8.26. The van der Waals surface area contributed by atoms with Crippen molar-refractivity contribution in [3.63, 3.8) is 0 Å². The van der Waals surface area contributed by atoms with Gasteiger partial charge in [-0.3, -0.25) is 0 Å². The Hall–Kier alpha value is -3.30. The molecule has 1 saturated carbocycles. The lowest BCUT2D eigenvalue weighted by molar-refractivity contribution is 0.393. The molecule has 3 atom stereocenters. The normalized spacial score (nSPS) is 21.1. The third-order valence-electron chi connectivity index (χ3n) is 7.85. The first-order valence-corrected chi connectivity index (χ1v) is 15.3. The van der Waals surface area contributed by atoms with Crippen molar-refractivity contribution in [2.24, 2.45) is 16.8 Å². The molecule has 0 bridgehead atoms. The van der Waals surface area contributed by atoms with E-state index in [0.29, 0.717) is 17.8 Å². The maximum absolute atomic E-state index is 5.36. The minimum Gasteiger partial charge on any atom is -0.371 e. The highest BCUT2D eigenvalue weighted by atomic mass is 32.2. The topological polar surface area (TPSA) is 15.6 Å². The Balaban J connectivity index is 0.00000151. The van der Waals surface area contributed by atoms with Crippen molar-refractivity contribution < 1.29 is 0 Å². The predicted molar refractivity (Wildman–Crippen MR) is 171 cm³/mol. The second-order valence-electron chi connectivity index (χ2n) is 10.4. The van der Waals surface area contributed by atoms with Crippen molar-refractivity contribution in [3.8, 4) is 0 Å². The zero-order chi connectivity index (χ0) is 27.4. The van der Waals surface area contributed by atoms with Crippen molar-refractivity contribution in [1.29, 1.82) is 0 Å². The summed E-state index contributed by atoms with van der Waals surface area (Å²) < 4.78 is 0. The fourth-order valence-corrected chi connectivity index (χ4v) is 6.81. The molecule has 0 aromatic heterocycles. The molecule has 200 valence electrons. The summed E-state index contributed by atoms with van der Waals surface area (Å²) in [6.07, 6.45) is 17.9. The van der Waals surface area contributed by atoms with Crippen LogP contribution in [-0.2, 0) is 0 Å². The SMILES string of the molecule is C=C(c1ccc2c(c1)N=C(C1=CCC=CC=C1)C1=C(S2)C2CC2C=C1)N(CC)CC(C)c1ccccc1.CC. The molecular weight excluding hydrogens is 492 g/mol. The summed E-state index contributed by atoms with van der Waals surface area (Å²) in [6, 6.07) is 17.5. The van der Waals surface area contributed by atoms with Gasteiger partial charge in [-0.1, -0.05) is 118 Å². The second kappa shape index (κ2) is 12.3. The molecule has 2 aromatic carbocycles. The van der Waals surface area contributed by atoms with Crippen molar-refractivity contribution in [1.82, 2.24) is 4.90 Å². The van der Waals surface area contributed by atoms with Gasteiger partial charge >= 0.3 is 0 Å². The molecule has 2 aromatic rings. The minimum atomic E-state index is 0.427. The predicted octanol–water partition coefficient (Wildman–Crippen LogP) is 9.89. The number of rotatable bonds is 7. The standard InChI is InChI=1S/C34H34N2S.C2H6/c1-4-36(22-23(2)25-12-10-7-11-13-25)24(3)27-17-19-32-31(21-27)35-33(26-14-8-5-6-9-15-26)29-18-16-28-20-30(28)34(29)37-32;1-2/h5-8,10-19,21,23,28,30H,3-4,9,20,22H2,1-2H3;1-2H3. The number of nitrogens with zero attached hydrogens (tertiary/aromatic N) is 2. The number of thioether (sulfide) groups is 1. The number of aliphatic imine (C=N–C) groups is 1. The maximum atomic E-state index is 5.36. The van der Waals surface area contributed by atoms with E-state index in [9.17, 15) is 0 Å². The molecule has 1 heterocycles. The molecule has 3 unspecified atom stereocenters. The van der Waals surface area contributed by atoms with Gasteiger partial charge in [-0.2, -0.15) is 0 Å². The molecule has 39 heavy (non-hydrogen) atoms. The molecule has 0 radical (unpaired) electrons. The Morgan fingerprint density at radius 3 is 2.72 bits per heavy atom. The van der Waals surface area contributed by atoms with Crippen LogP contribution >= 0.6 is 11.8 Å². The van der Waals surface area contributed by atoms with Crippen LogP contribution in [0, 0.1) is 11.8 Å². The highest BCUT2D eigenvalue weighted by Gasteiger charge is 2.43. The molecule has 0 N–H and O–H groups in total. The zero-order valence-corrected chi connectivity index (χ0v) is 24.5. The lowest BCUT2D eigenvalue weighted by Gasteiger charge is -2.29. The minimum absolute atomic E-state index is 0.427. The quantitative estimate of drug-likeness (QED) is 0.353. The van der Waals surface area contributed by atoms with Gasteiger partial charge in [0, 0.05) is 34.2 Å². The van der Waals surface area contributed by atoms with E-state index in [2.05, 4.69) is 116 Å². The van der Waals surface area contributed by atoms with Crippen molar-refractivity contribution in [2.75, 3.05) is 13.1 Å². The molecule has 3 heteroatoms. The van der Waals surface area contributed by atoms with Gasteiger partial charge in [0.15, 0.2) is 0 Å². The van der Waals surface area contributed by atoms with Crippen LogP contribution in [0.3, 0.4) is 0 Å². The number of fused-ring (bicyclic) bond motifs is 3. The second-order valence-corrected chi connectivity index (χ2v) is 11.5. The summed E-state index contributed by atoms with van der Waals surface area (Å²) in [5, 5.41) is 0. The van der Waals surface area contributed by atoms with Crippen LogP contribution < -0.4 is 0 Å².